The van der Waals surface area contributed by atoms with Crippen molar-refractivity contribution in [3.05, 3.63) is 59.4 Å². The second kappa shape index (κ2) is 6.96. The van der Waals surface area contributed by atoms with E-state index in [0.29, 0.717) is 5.56 Å². The molecule has 1 aliphatic rings. The molecule has 0 spiro atoms. The van der Waals surface area contributed by atoms with E-state index in [0.717, 1.165) is 24.0 Å². The van der Waals surface area contributed by atoms with Crippen LogP contribution < -0.4 is 5.32 Å². The molecule has 0 unspecified atom stereocenters. The molecule has 0 saturated heterocycles. The molecule has 6 heteroatoms. The van der Waals surface area contributed by atoms with E-state index < -0.39 is 15.1 Å². The number of hydrogen-bond donors (Lipinski definition) is 1. The summed E-state index contributed by atoms with van der Waals surface area (Å²) < 4.78 is 26.4. The molecule has 0 bridgehead atoms. The molecule has 132 valence electrons. The van der Waals surface area contributed by atoms with Gasteiger partial charge in [-0.05, 0) is 61.6 Å². The molecule has 1 atom stereocenters. The van der Waals surface area contributed by atoms with Crippen LogP contribution in [0.15, 0.2) is 47.6 Å². The average molecular weight is 358 g/mol. The van der Waals surface area contributed by atoms with Crippen molar-refractivity contribution in [3.63, 3.8) is 0 Å². The van der Waals surface area contributed by atoms with Gasteiger partial charge in [-0.25, -0.2) is 8.42 Å². The van der Waals surface area contributed by atoms with Crippen LogP contribution in [0.1, 0.15) is 34.8 Å². The Bertz CT molecular complexity index is 875. The number of pyridine rings is 1. The van der Waals surface area contributed by atoms with Crippen LogP contribution >= 0.6 is 0 Å². The van der Waals surface area contributed by atoms with Crippen molar-refractivity contribution in [2.24, 2.45) is 5.92 Å². The Morgan fingerprint density at radius 2 is 2.00 bits per heavy atom. The summed E-state index contributed by atoms with van der Waals surface area (Å²) in [6.07, 6.45) is 4.92. The summed E-state index contributed by atoms with van der Waals surface area (Å²) in [7, 11) is -3.65. The fourth-order valence-electron chi connectivity index (χ4n) is 2.71. The monoisotopic (exact) mass is 358 g/mol. The van der Waals surface area contributed by atoms with Gasteiger partial charge in [-0.15, -0.1) is 0 Å². The lowest BCUT2D eigenvalue weighted by Gasteiger charge is -2.19. The molecule has 1 aromatic carbocycles. The van der Waals surface area contributed by atoms with E-state index in [1.165, 1.54) is 0 Å². The van der Waals surface area contributed by atoms with Gasteiger partial charge in [0.05, 0.1) is 4.90 Å². The molecule has 1 fully saturated rings. The Kier molecular flexibility index (Phi) is 4.90. The topological polar surface area (TPSA) is 76.1 Å². The first-order valence-electron chi connectivity index (χ1n) is 8.38. The van der Waals surface area contributed by atoms with Gasteiger partial charge in [0, 0.05) is 24.9 Å². The fraction of sp³-hybridized carbons (Fsp3) is 0.368. The quantitative estimate of drug-likeness (QED) is 0.861. The van der Waals surface area contributed by atoms with E-state index in [-0.39, 0.29) is 23.3 Å². The molecular weight excluding hydrogens is 336 g/mol. The smallest absolute Gasteiger partial charge is 0.223 e. The molecule has 0 radical (unpaired) electrons. The normalized spacial score (nSPS) is 15.6. The van der Waals surface area contributed by atoms with Crippen LogP contribution in [0.4, 0.5) is 0 Å². The maximum Gasteiger partial charge on any atom is 0.223 e. The van der Waals surface area contributed by atoms with Crippen molar-refractivity contribution in [1.29, 1.82) is 0 Å². The zero-order valence-corrected chi connectivity index (χ0v) is 15.2. The van der Waals surface area contributed by atoms with Gasteiger partial charge in [0.25, 0.3) is 0 Å². The zero-order valence-electron chi connectivity index (χ0n) is 14.4. The standard InChI is InChI=1S/C19H22N2O3S/c1-13-5-8-17(10-14(13)2)25(23,24)18(16-4-3-9-20-11-16)12-21-19(22)15-6-7-15/h3-5,8-11,15,18H,6-7,12H2,1-2H3,(H,21,22)/t18-/m1/s1. The molecule has 1 saturated carbocycles. The van der Waals surface area contributed by atoms with E-state index >= 15 is 0 Å². The molecule has 5 nitrogen and oxygen atoms in total. The highest BCUT2D eigenvalue weighted by molar-refractivity contribution is 7.91. The molecule has 1 N–H and O–H groups in total. The van der Waals surface area contributed by atoms with Crippen LogP contribution in [0.2, 0.25) is 0 Å². The maximum absolute atomic E-state index is 13.2. The Morgan fingerprint density at radius 3 is 2.60 bits per heavy atom. The number of benzene rings is 1. The van der Waals surface area contributed by atoms with E-state index in [9.17, 15) is 13.2 Å². The minimum atomic E-state index is -3.65. The summed E-state index contributed by atoms with van der Waals surface area (Å²) in [5.41, 5.74) is 2.55. The van der Waals surface area contributed by atoms with Crippen LogP contribution in [-0.2, 0) is 14.6 Å². The Labute approximate surface area is 148 Å². The number of aromatic nitrogens is 1. The second-order valence-electron chi connectivity index (χ2n) is 6.59. The van der Waals surface area contributed by atoms with Gasteiger partial charge in [-0.1, -0.05) is 12.1 Å². The van der Waals surface area contributed by atoms with E-state index in [2.05, 4.69) is 10.3 Å². The number of carbonyl (C=O) groups is 1. The van der Waals surface area contributed by atoms with Crippen LogP contribution in [-0.4, -0.2) is 25.9 Å². The highest BCUT2D eigenvalue weighted by Crippen LogP contribution is 2.31. The third-order valence-corrected chi connectivity index (χ3v) is 6.75. The van der Waals surface area contributed by atoms with Gasteiger partial charge < -0.3 is 5.32 Å². The molecule has 1 heterocycles. The fourth-order valence-corrected chi connectivity index (χ4v) is 4.44. The third-order valence-electron chi connectivity index (χ3n) is 4.65. The molecule has 3 rings (SSSR count). The number of amides is 1. The largest absolute Gasteiger partial charge is 0.354 e. The van der Waals surface area contributed by atoms with Crippen molar-refractivity contribution in [2.45, 2.75) is 36.8 Å². The molecule has 2 aromatic rings. The van der Waals surface area contributed by atoms with Gasteiger partial charge in [0.2, 0.25) is 5.91 Å². The summed E-state index contributed by atoms with van der Waals surface area (Å²) in [6, 6.07) is 8.58. The first-order valence-corrected chi connectivity index (χ1v) is 9.93. The van der Waals surface area contributed by atoms with Crippen molar-refractivity contribution >= 4 is 15.7 Å². The van der Waals surface area contributed by atoms with Crippen LogP contribution in [0.5, 0.6) is 0 Å². The number of carbonyl (C=O) groups excluding carboxylic acids is 1. The SMILES string of the molecule is Cc1ccc(S(=O)(=O)[C@H](CNC(=O)C2CC2)c2cccnc2)cc1C. The second-order valence-corrected chi connectivity index (χ2v) is 8.72. The van der Waals surface area contributed by atoms with Crippen LogP contribution in [0, 0.1) is 19.8 Å². The Balaban J connectivity index is 1.93. The Morgan fingerprint density at radius 1 is 1.24 bits per heavy atom. The van der Waals surface area contributed by atoms with Gasteiger partial charge in [0.1, 0.15) is 5.25 Å². The summed E-state index contributed by atoms with van der Waals surface area (Å²) in [5.74, 6) is -0.0250. The van der Waals surface area contributed by atoms with Gasteiger partial charge in [0.15, 0.2) is 9.84 Å². The predicted molar refractivity (Wildman–Crippen MR) is 95.8 cm³/mol. The number of hydrogen-bond acceptors (Lipinski definition) is 4. The van der Waals surface area contributed by atoms with Crippen molar-refractivity contribution < 1.29 is 13.2 Å². The summed E-state index contributed by atoms with van der Waals surface area (Å²) in [5, 5.41) is 1.94. The lowest BCUT2D eigenvalue weighted by Crippen LogP contribution is -2.32. The van der Waals surface area contributed by atoms with E-state index in [4.69, 9.17) is 0 Å². The van der Waals surface area contributed by atoms with Gasteiger partial charge in [-0.2, -0.15) is 0 Å². The first-order chi connectivity index (χ1) is 11.9. The van der Waals surface area contributed by atoms with Gasteiger partial charge >= 0.3 is 0 Å². The minimum Gasteiger partial charge on any atom is -0.354 e. The number of sulfone groups is 1. The zero-order chi connectivity index (χ0) is 18.0. The molecular formula is C19H22N2O3S. The van der Waals surface area contributed by atoms with Gasteiger partial charge in [-0.3, -0.25) is 9.78 Å². The number of nitrogens with one attached hydrogen (secondary N) is 1. The van der Waals surface area contributed by atoms with Crippen LogP contribution in [0.3, 0.4) is 0 Å². The van der Waals surface area contributed by atoms with E-state index in [1.807, 2.05) is 19.9 Å². The molecule has 1 aliphatic carbocycles. The lowest BCUT2D eigenvalue weighted by atomic mass is 10.1. The number of rotatable bonds is 6. The summed E-state index contributed by atoms with van der Waals surface area (Å²) >= 11 is 0. The number of nitrogens with zero attached hydrogens (tertiary/aromatic N) is 1. The maximum atomic E-state index is 13.2. The van der Waals surface area contributed by atoms with Crippen LogP contribution in [0.25, 0.3) is 0 Å². The summed E-state index contributed by atoms with van der Waals surface area (Å²) in [4.78, 5) is 16.3. The third kappa shape index (κ3) is 3.90. The van der Waals surface area contributed by atoms with Crippen molar-refractivity contribution in [3.8, 4) is 0 Å². The Hall–Kier alpha value is -2.21. The highest BCUT2D eigenvalue weighted by atomic mass is 32.2. The first kappa shape index (κ1) is 17.6. The molecule has 1 amide bonds. The minimum absolute atomic E-state index is 0.0406. The molecule has 1 aromatic heterocycles. The van der Waals surface area contributed by atoms with Crippen molar-refractivity contribution in [2.75, 3.05) is 6.54 Å². The molecule has 25 heavy (non-hydrogen) atoms. The lowest BCUT2D eigenvalue weighted by molar-refractivity contribution is -0.122. The van der Waals surface area contributed by atoms with Crippen molar-refractivity contribution in [1.82, 2.24) is 10.3 Å². The summed E-state index contributed by atoms with van der Waals surface area (Å²) in [6.45, 7) is 3.89. The predicted octanol–water partition coefficient (Wildman–Crippen LogP) is 2.74. The molecule has 0 aliphatic heterocycles. The van der Waals surface area contributed by atoms with E-state index in [1.54, 1.807) is 36.7 Å². The number of aryl methyl sites for hydroxylation is 2. The average Bonchev–Trinajstić information content (AvgIpc) is 3.43. The highest BCUT2D eigenvalue weighted by Gasteiger charge is 2.33.